The van der Waals surface area contributed by atoms with Crippen molar-refractivity contribution < 1.29 is 9.53 Å². The average molecular weight is 316 g/mol. The molecule has 1 aromatic carbocycles. The number of para-hydroxylation sites is 1. The molecule has 4 heteroatoms. The van der Waals surface area contributed by atoms with Crippen LogP contribution in [0.2, 0.25) is 0 Å². The van der Waals surface area contributed by atoms with Gasteiger partial charge in [0.15, 0.2) is 0 Å². The van der Waals surface area contributed by atoms with Crippen molar-refractivity contribution in [3.63, 3.8) is 0 Å². The molecule has 126 valence electrons. The number of nitrogens with one attached hydrogen (secondary N) is 1. The van der Waals surface area contributed by atoms with Crippen molar-refractivity contribution in [1.82, 2.24) is 10.2 Å². The van der Waals surface area contributed by atoms with Gasteiger partial charge in [-0.05, 0) is 31.2 Å². The Balaban J connectivity index is 1.80. The number of likely N-dealkylation sites (tertiary alicyclic amines) is 1. The fourth-order valence-electron chi connectivity index (χ4n) is 4.10. The summed E-state index contributed by atoms with van der Waals surface area (Å²) in [4.78, 5) is 13.6. The molecular formula is C19H28N2O2. The van der Waals surface area contributed by atoms with Crippen LogP contribution in [-0.4, -0.2) is 37.6 Å². The van der Waals surface area contributed by atoms with Crippen LogP contribution in [0, 0.1) is 5.92 Å². The lowest BCUT2D eigenvalue weighted by Gasteiger charge is -2.36. The standard InChI is InChI=1S/C19H28N2O2/c1-21-13-15(11-12-18(21)22)20-19(14-7-3-4-8-14)16-9-5-6-10-17(16)23-2/h5-6,9-10,14-15,19-20H,3-4,7-8,11-13H2,1-2H3/t15-,19-/m0/s1. The van der Waals surface area contributed by atoms with Crippen molar-refractivity contribution in [3.05, 3.63) is 29.8 Å². The number of hydrogen-bond donors (Lipinski definition) is 1. The van der Waals surface area contributed by atoms with E-state index in [0.29, 0.717) is 24.4 Å². The van der Waals surface area contributed by atoms with Gasteiger partial charge in [0.1, 0.15) is 5.75 Å². The molecule has 1 aliphatic carbocycles. The van der Waals surface area contributed by atoms with E-state index in [0.717, 1.165) is 18.7 Å². The molecule has 1 aliphatic heterocycles. The van der Waals surface area contributed by atoms with Crippen molar-refractivity contribution in [2.45, 2.75) is 50.6 Å². The fourth-order valence-corrected chi connectivity index (χ4v) is 4.10. The SMILES string of the molecule is COc1ccccc1[C@@H](N[C@H]1CCC(=O)N(C)C1)C1CCCC1. The zero-order chi connectivity index (χ0) is 16.2. The summed E-state index contributed by atoms with van der Waals surface area (Å²) in [6, 6.07) is 9.05. The Morgan fingerprint density at radius 2 is 1.96 bits per heavy atom. The van der Waals surface area contributed by atoms with Gasteiger partial charge in [-0.2, -0.15) is 0 Å². The first-order chi connectivity index (χ1) is 11.2. The fraction of sp³-hybridized carbons (Fsp3) is 0.632. The van der Waals surface area contributed by atoms with E-state index in [-0.39, 0.29) is 5.91 Å². The molecule has 1 saturated carbocycles. The number of hydrogen-bond acceptors (Lipinski definition) is 3. The third kappa shape index (κ3) is 3.69. The van der Waals surface area contributed by atoms with Gasteiger partial charge in [-0.15, -0.1) is 0 Å². The number of nitrogens with zero attached hydrogens (tertiary/aromatic N) is 1. The second-order valence-electron chi connectivity index (χ2n) is 6.94. The molecular weight excluding hydrogens is 288 g/mol. The number of amides is 1. The van der Waals surface area contributed by atoms with E-state index in [1.54, 1.807) is 7.11 Å². The van der Waals surface area contributed by atoms with Crippen molar-refractivity contribution in [1.29, 1.82) is 0 Å². The molecule has 2 atom stereocenters. The Labute approximate surface area is 139 Å². The maximum atomic E-state index is 11.7. The van der Waals surface area contributed by atoms with Crippen molar-refractivity contribution in [3.8, 4) is 5.75 Å². The van der Waals surface area contributed by atoms with Crippen molar-refractivity contribution >= 4 is 5.91 Å². The minimum Gasteiger partial charge on any atom is -0.496 e. The average Bonchev–Trinajstić information content (AvgIpc) is 3.10. The van der Waals surface area contributed by atoms with E-state index in [2.05, 4.69) is 23.5 Å². The Morgan fingerprint density at radius 1 is 1.22 bits per heavy atom. The largest absolute Gasteiger partial charge is 0.496 e. The number of rotatable bonds is 5. The highest BCUT2D eigenvalue weighted by molar-refractivity contribution is 5.76. The first-order valence-electron chi connectivity index (χ1n) is 8.82. The van der Waals surface area contributed by atoms with Gasteiger partial charge in [0.25, 0.3) is 0 Å². The monoisotopic (exact) mass is 316 g/mol. The van der Waals surface area contributed by atoms with E-state index >= 15 is 0 Å². The summed E-state index contributed by atoms with van der Waals surface area (Å²) in [7, 11) is 3.65. The van der Waals surface area contributed by atoms with Crippen LogP contribution in [-0.2, 0) is 4.79 Å². The highest BCUT2D eigenvalue weighted by atomic mass is 16.5. The summed E-state index contributed by atoms with van der Waals surface area (Å²) < 4.78 is 5.61. The summed E-state index contributed by atoms with van der Waals surface area (Å²) >= 11 is 0. The minimum atomic E-state index is 0.262. The maximum absolute atomic E-state index is 11.7. The Bertz CT molecular complexity index is 540. The first-order valence-corrected chi connectivity index (χ1v) is 8.82. The van der Waals surface area contributed by atoms with Crippen LogP contribution < -0.4 is 10.1 Å². The van der Waals surface area contributed by atoms with Gasteiger partial charge < -0.3 is 15.0 Å². The highest BCUT2D eigenvalue weighted by Gasteiger charge is 2.32. The second-order valence-corrected chi connectivity index (χ2v) is 6.94. The number of likely N-dealkylation sites (N-methyl/N-ethyl adjacent to an activating group) is 1. The summed E-state index contributed by atoms with van der Waals surface area (Å²) in [5.41, 5.74) is 1.27. The number of benzene rings is 1. The smallest absolute Gasteiger partial charge is 0.222 e. The molecule has 3 rings (SSSR count). The van der Waals surface area contributed by atoms with Crippen LogP contribution in [0.25, 0.3) is 0 Å². The molecule has 4 nitrogen and oxygen atoms in total. The molecule has 0 spiro atoms. The van der Waals surface area contributed by atoms with Crippen LogP contribution in [0.5, 0.6) is 5.75 Å². The van der Waals surface area contributed by atoms with E-state index in [1.807, 2.05) is 18.0 Å². The Kier molecular flexibility index (Phi) is 5.21. The van der Waals surface area contributed by atoms with Gasteiger partial charge in [0.2, 0.25) is 5.91 Å². The second kappa shape index (κ2) is 7.35. The molecule has 1 aromatic rings. The van der Waals surface area contributed by atoms with Crippen LogP contribution in [0.1, 0.15) is 50.1 Å². The number of methoxy groups -OCH3 is 1. The van der Waals surface area contributed by atoms with Crippen molar-refractivity contribution in [2.75, 3.05) is 20.7 Å². The van der Waals surface area contributed by atoms with Crippen LogP contribution in [0.3, 0.4) is 0 Å². The first kappa shape index (κ1) is 16.3. The van der Waals surface area contributed by atoms with E-state index in [4.69, 9.17) is 4.74 Å². The molecule has 23 heavy (non-hydrogen) atoms. The molecule has 2 fully saturated rings. The molecule has 0 unspecified atom stereocenters. The lowest BCUT2D eigenvalue weighted by atomic mass is 9.89. The van der Waals surface area contributed by atoms with Gasteiger partial charge in [0, 0.05) is 37.7 Å². The topological polar surface area (TPSA) is 41.6 Å². The molecule has 1 heterocycles. The van der Waals surface area contributed by atoms with E-state index in [9.17, 15) is 4.79 Å². The third-order valence-electron chi connectivity index (χ3n) is 5.39. The van der Waals surface area contributed by atoms with Gasteiger partial charge in [-0.25, -0.2) is 0 Å². The van der Waals surface area contributed by atoms with Crippen molar-refractivity contribution in [2.24, 2.45) is 5.92 Å². The van der Waals surface area contributed by atoms with E-state index < -0.39 is 0 Å². The Morgan fingerprint density at radius 3 is 2.65 bits per heavy atom. The van der Waals surface area contributed by atoms with Gasteiger partial charge >= 0.3 is 0 Å². The number of carbonyl (C=O) groups is 1. The van der Waals surface area contributed by atoms with Crippen LogP contribution in [0.15, 0.2) is 24.3 Å². The van der Waals surface area contributed by atoms with Crippen LogP contribution in [0.4, 0.5) is 0 Å². The Hall–Kier alpha value is -1.55. The zero-order valence-electron chi connectivity index (χ0n) is 14.3. The predicted molar refractivity (Wildman–Crippen MR) is 91.5 cm³/mol. The molecule has 2 aliphatic rings. The summed E-state index contributed by atoms with van der Waals surface area (Å²) in [5.74, 6) is 1.89. The summed E-state index contributed by atoms with van der Waals surface area (Å²) in [6.07, 6.45) is 6.77. The van der Waals surface area contributed by atoms with Crippen LogP contribution >= 0.6 is 0 Å². The molecule has 0 radical (unpaired) electrons. The normalized spacial score (nSPS) is 24.0. The van der Waals surface area contributed by atoms with Gasteiger partial charge in [-0.3, -0.25) is 4.79 Å². The number of carbonyl (C=O) groups excluding carboxylic acids is 1. The predicted octanol–water partition coefficient (Wildman–Crippen LogP) is 3.14. The van der Waals surface area contributed by atoms with Gasteiger partial charge in [-0.1, -0.05) is 31.0 Å². The lowest BCUT2D eigenvalue weighted by molar-refractivity contribution is -0.132. The number of ether oxygens (including phenoxy) is 1. The molecule has 0 bridgehead atoms. The lowest BCUT2D eigenvalue weighted by Crippen LogP contribution is -2.48. The molecule has 1 N–H and O–H groups in total. The van der Waals surface area contributed by atoms with E-state index in [1.165, 1.54) is 31.2 Å². The molecule has 1 amide bonds. The minimum absolute atomic E-state index is 0.262. The van der Waals surface area contributed by atoms with Gasteiger partial charge in [0.05, 0.1) is 7.11 Å². The summed E-state index contributed by atoms with van der Waals surface area (Å²) in [5, 5.41) is 3.87. The third-order valence-corrected chi connectivity index (χ3v) is 5.39. The number of piperidine rings is 1. The zero-order valence-corrected chi connectivity index (χ0v) is 14.3. The maximum Gasteiger partial charge on any atom is 0.222 e. The molecule has 1 saturated heterocycles. The summed E-state index contributed by atoms with van der Waals surface area (Å²) in [6.45, 7) is 0.803. The molecule has 0 aromatic heterocycles. The highest BCUT2D eigenvalue weighted by Crippen LogP contribution is 2.39. The quantitative estimate of drug-likeness (QED) is 0.907.